The molecule has 3 amide bonds. The highest BCUT2D eigenvalue weighted by Gasteiger charge is 2.62. The van der Waals surface area contributed by atoms with E-state index < -0.39 is 17.4 Å². The number of nitrogens with one attached hydrogen (secondary N) is 2. The Hall–Kier alpha value is -4.99. The van der Waals surface area contributed by atoms with Crippen LogP contribution in [0.15, 0.2) is 42.5 Å². The molecular formula is C53H80N8O7. The van der Waals surface area contributed by atoms with Crippen LogP contribution >= 0.6 is 0 Å². The first-order chi connectivity index (χ1) is 32.6. The lowest BCUT2D eigenvalue weighted by atomic mass is 9.48. The van der Waals surface area contributed by atoms with Gasteiger partial charge in [0.15, 0.2) is 5.69 Å². The van der Waals surface area contributed by atoms with Gasteiger partial charge in [0.05, 0.1) is 37.2 Å². The van der Waals surface area contributed by atoms with Gasteiger partial charge in [0.25, 0.3) is 11.8 Å². The van der Waals surface area contributed by atoms with Crippen molar-refractivity contribution in [3.63, 3.8) is 0 Å². The third-order valence-electron chi connectivity index (χ3n) is 15.1. The average Bonchev–Trinajstić information content (AvgIpc) is 3.76. The smallest absolute Gasteiger partial charge is 0.330 e. The van der Waals surface area contributed by atoms with Crippen molar-refractivity contribution in [2.45, 2.75) is 128 Å². The highest BCUT2D eigenvalue weighted by atomic mass is 16.5. The molecule has 7 rings (SSSR count). The Morgan fingerprint density at radius 2 is 1.43 bits per heavy atom. The van der Waals surface area contributed by atoms with Crippen LogP contribution in [0.4, 0.5) is 0 Å². The van der Waals surface area contributed by atoms with Crippen LogP contribution in [0, 0.1) is 23.7 Å². The number of hydrogen-bond acceptors (Lipinski definition) is 10. The number of nitrogens with two attached hydrogens (primary N) is 1. The van der Waals surface area contributed by atoms with Crippen molar-refractivity contribution in [1.82, 2.24) is 35.1 Å². The zero-order valence-electron chi connectivity index (χ0n) is 42.2. The number of carbonyl (C=O) groups excluding carboxylic acids is 3. The van der Waals surface area contributed by atoms with Crippen LogP contribution in [0.3, 0.4) is 0 Å². The number of primary amides is 1. The number of nitrogens with zero attached hydrogens (tertiary/aromatic N) is 5. The van der Waals surface area contributed by atoms with Crippen molar-refractivity contribution in [2.75, 3.05) is 68.2 Å². The molecule has 1 atom stereocenters. The molecule has 4 aliphatic rings. The van der Waals surface area contributed by atoms with Crippen molar-refractivity contribution in [3.8, 4) is 28.4 Å². The van der Waals surface area contributed by atoms with E-state index in [9.17, 15) is 24.3 Å². The van der Waals surface area contributed by atoms with Crippen molar-refractivity contribution >= 4 is 23.7 Å². The first kappa shape index (κ1) is 52.4. The fraction of sp³-hybridized carbons (Fsp3) is 0.642. The van der Waals surface area contributed by atoms with Gasteiger partial charge in [0, 0.05) is 32.4 Å². The molecular weight excluding hydrogens is 861 g/mol. The van der Waals surface area contributed by atoms with E-state index in [2.05, 4.69) is 55.3 Å². The lowest BCUT2D eigenvalue weighted by Crippen LogP contribution is -2.70. The number of carbonyl (C=O) groups is 4. The third kappa shape index (κ3) is 12.2. The zero-order chi connectivity index (χ0) is 49.1. The molecule has 1 unspecified atom stereocenters. The number of rotatable bonds is 28. The maximum atomic E-state index is 14.5. The predicted molar refractivity (Wildman–Crippen MR) is 266 cm³/mol. The maximum Gasteiger partial charge on any atom is 0.330 e. The van der Waals surface area contributed by atoms with Gasteiger partial charge in [0.1, 0.15) is 17.0 Å². The first-order valence-corrected chi connectivity index (χ1v) is 25.3. The molecule has 4 saturated carbocycles. The number of ether oxygens (including phenoxy) is 2. The number of aromatic nitrogens is 2. The van der Waals surface area contributed by atoms with Crippen LogP contribution in [-0.2, 0) is 9.59 Å². The molecule has 0 radical (unpaired) electrons. The summed E-state index contributed by atoms with van der Waals surface area (Å²) in [5.41, 5.74) is 7.62. The molecule has 374 valence electrons. The summed E-state index contributed by atoms with van der Waals surface area (Å²) in [6, 6.07) is 12.4. The molecule has 2 aromatic carbocycles. The van der Waals surface area contributed by atoms with Crippen LogP contribution in [0.25, 0.3) is 16.9 Å². The molecule has 0 saturated heterocycles. The van der Waals surface area contributed by atoms with E-state index >= 15 is 0 Å². The molecule has 3 aromatic rings. The summed E-state index contributed by atoms with van der Waals surface area (Å²) >= 11 is 0. The second-order valence-electron chi connectivity index (χ2n) is 20.4. The SMILES string of the molecule is CCCCCCCCC(NCN(C)CCCN(C)CCCN(C)C(=O)c1ccc(-n2nc(C(=O)NC3(C(=O)O)C4CC5CC(C4)CC3C5)cc2-c2c(OC)cccc2OC)c(C(C)C)c1)C(N)=O. The molecule has 4 bridgehead atoms. The maximum absolute atomic E-state index is 14.5. The van der Waals surface area contributed by atoms with Crippen molar-refractivity contribution in [2.24, 2.45) is 29.4 Å². The Balaban J connectivity index is 1.10. The zero-order valence-corrected chi connectivity index (χ0v) is 42.2. The number of aliphatic carboxylic acids is 1. The average molecular weight is 941 g/mol. The van der Waals surface area contributed by atoms with Gasteiger partial charge < -0.3 is 35.4 Å². The lowest BCUT2D eigenvalue weighted by Gasteiger charge is -2.59. The molecule has 0 spiro atoms. The van der Waals surface area contributed by atoms with Gasteiger partial charge in [-0.1, -0.05) is 65.4 Å². The number of carboxylic acids is 1. The van der Waals surface area contributed by atoms with Crippen LogP contribution < -0.4 is 25.8 Å². The fourth-order valence-corrected chi connectivity index (χ4v) is 11.5. The Morgan fingerprint density at radius 1 is 0.824 bits per heavy atom. The van der Waals surface area contributed by atoms with Crippen LogP contribution in [-0.4, -0.2) is 133 Å². The second kappa shape index (κ2) is 24.0. The molecule has 0 aliphatic heterocycles. The Labute approximate surface area is 404 Å². The van der Waals surface area contributed by atoms with Gasteiger partial charge in [-0.05, 0) is 150 Å². The fourth-order valence-electron chi connectivity index (χ4n) is 11.5. The van der Waals surface area contributed by atoms with Crippen LogP contribution in [0.2, 0.25) is 0 Å². The minimum Gasteiger partial charge on any atom is -0.496 e. The summed E-state index contributed by atoms with van der Waals surface area (Å²) in [4.78, 5) is 60.0. The first-order valence-electron chi connectivity index (χ1n) is 25.3. The minimum atomic E-state index is -1.34. The van der Waals surface area contributed by atoms with E-state index in [1.54, 1.807) is 35.9 Å². The van der Waals surface area contributed by atoms with E-state index in [0.717, 1.165) is 89.4 Å². The molecule has 68 heavy (non-hydrogen) atoms. The van der Waals surface area contributed by atoms with E-state index in [4.69, 9.17) is 20.3 Å². The van der Waals surface area contributed by atoms with Gasteiger partial charge in [-0.15, -0.1) is 0 Å². The van der Waals surface area contributed by atoms with E-state index in [1.807, 2.05) is 37.4 Å². The van der Waals surface area contributed by atoms with Gasteiger partial charge in [-0.3, -0.25) is 24.6 Å². The van der Waals surface area contributed by atoms with E-state index in [-0.39, 0.29) is 41.3 Å². The second-order valence-corrected chi connectivity index (χ2v) is 20.4. The van der Waals surface area contributed by atoms with E-state index in [1.165, 1.54) is 25.7 Å². The molecule has 15 nitrogen and oxygen atoms in total. The third-order valence-corrected chi connectivity index (χ3v) is 15.1. The highest BCUT2D eigenvalue weighted by molar-refractivity contribution is 5.98. The largest absolute Gasteiger partial charge is 0.496 e. The van der Waals surface area contributed by atoms with Crippen molar-refractivity contribution in [1.29, 1.82) is 0 Å². The summed E-state index contributed by atoms with van der Waals surface area (Å²) in [7, 11) is 9.13. The number of unbranched alkanes of at least 4 members (excludes halogenated alkanes) is 5. The Kier molecular flexibility index (Phi) is 18.5. The highest BCUT2D eigenvalue weighted by Crippen LogP contribution is 2.58. The molecule has 4 aliphatic carbocycles. The standard InChI is InChI=1S/C53H80N8O7/c1-9-10-11-12-13-14-18-42(49(54)62)55-34-59(5)25-16-23-58(4)24-17-26-60(6)51(64)38-21-22-44(41(32-38)35(2)3)61-45(48-46(67-7)19-15-20-47(48)68-8)33-43(57-61)50(63)56-53(52(65)66)39-28-36-27-37(30-39)31-40(53)29-36/h15,19-22,32-33,35-37,39-40,42,55H,9-14,16-18,23-31,34H2,1-8H3,(H2,54,62)(H,56,63)(H,65,66). The lowest BCUT2D eigenvalue weighted by molar-refractivity contribution is -0.163. The van der Waals surface area contributed by atoms with Crippen LogP contribution in [0.1, 0.15) is 143 Å². The monoisotopic (exact) mass is 941 g/mol. The Bertz CT molecular complexity index is 2140. The molecule has 15 heteroatoms. The van der Waals surface area contributed by atoms with Gasteiger partial charge in [0.2, 0.25) is 5.91 Å². The summed E-state index contributed by atoms with van der Waals surface area (Å²) in [6.07, 6.45) is 14.0. The topological polar surface area (TPSA) is 185 Å². The number of amides is 3. The molecule has 1 heterocycles. The van der Waals surface area contributed by atoms with Crippen molar-refractivity contribution < 1.29 is 33.8 Å². The molecule has 4 fully saturated rings. The molecule has 5 N–H and O–H groups in total. The van der Waals surface area contributed by atoms with Crippen molar-refractivity contribution in [3.05, 3.63) is 59.3 Å². The predicted octanol–water partition coefficient (Wildman–Crippen LogP) is 7.56. The van der Waals surface area contributed by atoms with E-state index in [0.29, 0.717) is 59.1 Å². The normalized spacial score (nSPS) is 21.1. The van der Waals surface area contributed by atoms with Gasteiger partial charge in [-0.25, -0.2) is 9.48 Å². The van der Waals surface area contributed by atoms with Gasteiger partial charge in [-0.2, -0.15) is 5.10 Å². The number of hydrogen-bond donors (Lipinski definition) is 4. The number of carboxylic acid groups (broad SMARTS) is 1. The number of methoxy groups -OCH3 is 2. The summed E-state index contributed by atoms with van der Waals surface area (Å²) < 4.78 is 13.4. The quantitative estimate of drug-likeness (QED) is 0.0416. The summed E-state index contributed by atoms with van der Waals surface area (Å²) in [5.74, 6) is -0.110. The minimum absolute atomic E-state index is 0.0431. The number of benzene rings is 2. The van der Waals surface area contributed by atoms with Crippen LogP contribution in [0.5, 0.6) is 11.5 Å². The van der Waals surface area contributed by atoms with Gasteiger partial charge >= 0.3 is 5.97 Å². The Morgan fingerprint density at radius 3 is 2.01 bits per heavy atom. The summed E-state index contributed by atoms with van der Waals surface area (Å²) in [5, 5.41) is 22.2. The summed E-state index contributed by atoms with van der Waals surface area (Å²) in [6.45, 7) is 10.1. The molecule has 1 aromatic heterocycles.